The number of benzene rings is 1. The predicted molar refractivity (Wildman–Crippen MR) is 59.6 cm³/mol. The molecule has 0 heterocycles. The number of nitriles is 1. The van der Waals surface area contributed by atoms with Gasteiger partial charge in [0, 0.05) is 12.1 Å². The predicted octanol–water partition coefficient (Wildman–Crippen LogP) is 1.47. The molecule has 1 unspecified atom stereocenters. The van der Waals surface area contributed by atoms with E-state index < -0.39 is 5.92 Å². The molecule has 1 amide bonds. The van der Waals surface area contributed by atoms with E-state index in [4.69, 9.17) is 10.00 Å². The third-order valence-corrected chi connectivity index (χ3v) is 2.23. The first-order valence-corrected chi connectivity index (χ1v) is 4.98. The fourth-order valence-electron chi connectivity index (χ4n) is 1.24. The van der Waals surface area contributed by atoms with E-state index in [0.29, 0.717) is 6.54 Å². The summed E-state index contributed by atoms with van der Waals surface area (Å²) in [7, 11) is 1.58. The van der Waals surface area contributed by atoms with Crippen LogP contribution in [0.15, 0.2) is 24.3 Å². The van der Waals surface area contributed by atoms with Gasteiger partial charge in [-0.05, 0) is 13.0 Å². The van der Waals surface area contributed by atoms with E-state index in [1.165, 1.54) is 0 Å². The van der Waals surface area contributed by atoms with Gasteiger partial charge in [-0.3, -0.25) is 4.79 Å². The third-order valence-electron chi connectivity index (χ3n) is 2.23. The van der Waals surface area contributed by atoms with Crippen LogP contribution in [0.3, 0.4) is 0 Å². The fourth-order valence-corrected chi connectivity index (χ4v) is 1.24. The number of nitrogens with zero attached hydrogens (tertiary/aromatic N) is 1. The second-order valence-electron chi connectivity index (χ2n) is 3.38. The van der Waals surface area contributed by atoms with Crippen LogP contribution in [0.25, 0.3) is 0 Å². The van der Waals surface area contributed by atoms with Gasteiger partial charge in [-0.25, -0.2) is 0 Å². The number of rotatable bonds is 4. The fraction of sp³-hybridized carbons (Fsp3) is 0.333. The van der Waals surface area contributed by atoms with E-state index in [-0.39, 0.29) is 5.91 Å². The van der Waals surface area contributed by atoms with Crippen LogP contribution in [0.5, 0.6) is 5.75 Å². The van der Waals surface area contributed by atoms with Crippen LogP contribution in [-0.4, -0.2) is 13.0 Å². The monoisotopic (exact) mass is 218 g/mol. The number of methoxy groups -OCH3 is 1. The van der Waals surface area contributed by atoms with Crippen LogP contribution >= 0.6 is 0 Å². The number of hydrogen-bond donors (Lipinski definition) is 1. The number of hydrogen-bond acceptors (Lipinski definition) is 3. The SMILES string of the molecule is COc1ccccc1CNC(=O)C(C)C#N. The average Bonchev–Trinajstić information content (AvgIpc) is 2.35. The molecule has 4 nitrogen and oxygen atoms in total. The molecule has 0 spiro atoms. The summed E-state index contributed by atoms with van der Waals surface area (Å²) in [6.45, 7) is 1.94. The highest BCUT2D eigenvalue weighted by atomic mass is 16.5. The van der Waals surface area contributed by atoms with Gasteiger partial charge in [0.2, 0.25) is 5.91 Å². The van der Waals surface area contributed by atoms with Gasteiger partial charge in [0.15, 0.2) is 0 Å². The van der Waals surface area contributed by atoms with E-state index in [2.05, 4.69) is 5.32 Å². The molecule has 0 saturated carbocycles. The van der Waals surface area contributed by atoms with E-state index in [1.54, 1.807) is 14.0 Å². The van der Waals surface area contributed by atoms with Crippen molar-refractivity contribution in [3.05, 3.63) is 29.8 Å². The molecule has 0 fully saturated rings. The van der Waals surface area contributed by atoms with Crippen LogP contribution in [0.4, 0.5) is 0 Å². The maximum absolute atomic E-state index is 11.4. The molecule has 0 radical (unpaired) electrons. The first kappa shape index (κ1) is 12.1. The normalized spacial score (nSPS) is 11.3. The minimum Gasteiger partial charge on any atom is -0.496 e. The van der Waals surface area contributed by atoms with Gasteiger partial charge in [0.1, 0.15) is 11.7 Å². The smallest absolute Gasteiger partial charge is 0.237 e. The molecule has 16 heavy (non-hydrogen) atoms. The zero-order valence-electron chi connectivity index (χ0n) is 9.36. The Morgan fingerprint density at radius 1 is 1.56 bits per heavy atom. The molecule has 0 bridgehead atoms. The molecule has 1 atom stereocenters. The van der Waals surface area contributed by atoms with Crippen molar-refractivity contribution >= 4 is 5.91 Å². The van der Waals surface area contributed by atoms with Gasteiger partial charge in [-0.15, -0.1) is 0 Å². The van der Waals surface area contributed by atoms with Crippen molar-refractivity contribution in [3.8, 4) is 11.8 Å². The summed E-state index contributed by atoms with van der Waals surface area (Å²) in [5.74, 6) is -0.171. The Morgan fingerprint density at radius 3 is 2.88 bits per heavy atom. The van der Waals surface area contributed by atoms with Crippen LogP contribution in [-0.2, 0) is 11.3 Å². The van der Waals surface area contributed by atoms with E-state index >= 15 is 0 Å². The van der Waals surface area contributed by atoms with Gasteiger partial charge in [-0.2, -0.15) is 5.26 Å². The van der Waals surface area contributed by atoms with E-state index in [0.717, 1.165) is 11.3 Å². The summed E-state index contributed by atoms with van der Waals surface area (Å²) >= 11 is 0. The number of amides is 1. The zero-order valence-corrected chi connectivity index (χ0v) is 9.36. The van der Waals surface area contributed by atoms with Gasteiger partial charge in [0.05, 0.1) is 13.2 Å². The Morgan fingerprint density at radius 2 is 2.25 bits per heavy atom. The van der Waals surface area contributed by atoms with Crippen molar-refractivity contribution in [2.45, 2.75) is 13.5 Å². The maximum Gasteiger partial charge on any atom is 0.237 e. The largest absolute Gasteiger partial charge is 0.496 e. The topological polar surface area (TPSA) is 62.1 Å². The summed E-state index contributed by atoms with van der Waals surface area (Å²) in [5, 5.41) is 11.3. The van der Waals surface area contributed by atoms with Crippen molar-refractivity contribution in [3.63, 3.8) is 0 Å². The lowest BCUT2D eigenvalue weighted by atomic mass is 10.1. The minimum absolute atomic E-state index is 0.270. The van der Waals surface area contributed by atoms with Crippen LogP contribution in [0, 0.1) is 17.2 Å². The Hall–Kier alpha value is -2.02. The van der Waals surface area contributed by atoms with Crippen molar-refractivity contribution in [2.24, 2.45) is 5.92 Å². The molecule has 0 aromatic heterocycles. The Labute approximate surface area is 94.8 Å². The first-order chi connectivity index (χ1) is 7.69. The summed E-state index contributed by atoms with van der Waals surface area (Å²) < 4.78 is 5.15. The number of para-hydroxylation sites is 1. The molecule has 1 aromatic rings. The van der Waals surface area contributed by atoms with Gasteiger partial charge < -0.3 is 10.1 Å². The molecule has 4 heteroatoms. The molecule has 0 aliphatic rings. The first-order valence-electron chi connectivity index (χ1n) is 4.98. The lowest BCUT2D eigenvalue weighted by molar-refractivity contribution is -0.123. The minimum atomic E-state index is -0.630. The standard InChI is InChI=1S/C12H14N2O2/c1-9(7-13)12(15)14-8-10-5-3-4-6-11(10)16-2/h3-6,9H,8H2,1-2H3,(H,14,15). The second-order valence-corrected chi connectivity index (χ2v) is 3.38. The highest BCUT2D eigenvalue weighted by molar-refractivity contribution is 5.80. The second kappa shape index (κ2) is 5.76. The Balaban J connectivity index is 2.62. The highest BCUT2D eigenvalue weighted by Gasteiger charge is 2.11. The maximum atomic E-state index is 11.4. The van der Waals surface area contributed by atoms with Crippen LogP contribution < -0.4 is 10.1 Å². The molecule has 0 saturated heterocycles. The number of nitrogens with one attached hydrogen (secondary N) is 1. The molecule has 84 valence electrons. The number of carbonyl (C=O) groups is 1. The highest BCUT2D eigenvalue weighted by Crippen LogP contribution is 2.16. The number of ether oxygens (including phenoxy) is 1. The van der Waals surface area contributed by atoms with Crippen molar-refractivity contribution in [1.29, 1.82) is 5.26 Å². The van der Waals surface area contributed by atoms with Crippen molar-refractivity contribution < 1.29 is 9.53 Å². The van der Waals surface area contributed by atoms with Crippen LogP contribution in [0.1, 0.15) is 12.5 Å². The van der Waals surface area contributed by atoms with Crippen molar-refractivity contribution in [1.82, 2.24) is 5.32 Å². The lowest BCUT2D eigenvalue weighted by Crippen LogP contribution is -2.28. The summed E-state index contributed by atoms with van der Waals surface area (Å²) in [6, 6.07) is 9.32. The quantitative estimate of drug-likeness (QED) is 0.832. The molecule has 0 aliphatic heterocycles. The molecule has 1 N–H and O–H groups in total. The van der Waals surface area contributed by atoms with Gasteiger partial charge in [0.25, 0.3) is 0 Å². The third kappa shape index (κ3) is 2.99. The summed E-state index contributed by atoms with van der Waals surface area (Å²) in [5.41, 5.74) is 0.892. The van der Waals surface area contributed by atoms with E-state index in [1.807, 2.05) is 30.3 Å². The zero-order chi connectivity index (χ0) is 12.0. The molecular formula is C12H14N2O2. The van der Waals surface area contributed by atoms with E-state index in [9.17, 15) is 4.79 Å². The Kier molecular flexibility index (Phi) is 4.34. The van der Waals surface area contributed by atoms with Gasteiger partial charge >= 0.3 is 0 Å². The van der Waals surface area contributed by atoms with Gasteiger partial charge in [-0.1, -0.05) is 18.2 Å². The molecule has 0 aliphatic carbocycles. The average molecular weight is 218 g/mol. The summed E-state index contributed by atoms with van der Waals surface area (Å²) in [6.07, 6.45) is 0. The van der Waals surface area contributed by atoms with Crippen molar-refractivity contribution in [2.75, 3.05) is 7.11 Å². The lowest BCUT2D eigenvalue weighted by Gasteiger charge is -2.09. The summed E-state index contributed by atoms with van der Waals surface area (Å²) in [4.78, 5) is 11.4. The molecule has 1 rings (SSSR count). The number of carbonyl (C=O) groups excluding carboxylic acids is 1. The van der Waals surface area contributed by atoms with Crippen LogP contribution in [0.2, 0.25) is 0 Å². The molecule has 1 aromatic carbocycles. The molecular weight excluding hydrogens is 204 g/mol. The Bertz CT molecular complexity index is 410.